The number of aldehydes is 1. The molecule has 1 fully saturated rings. The summed E-state index contributed by atoms with van der Waals surface area (Å²) in [5, 5.41) is 9.11. The van der Waals surface area contributed by atoms with Crippen molar-refractivity contribution in [3.05, 3.63) is 29.3 Å². The molecular formula is C14H16N2O. The van der Waals surface area contributed by atoms with Crippen LogP contribution in [0.2, 0.25) is 0 Å². The van der Waals surface area contributed by atoms with Crippen molar-refractivity contribution < 1.29 is 4.79 Å². The quantitative estimate of drug-likeness (QED) is 0.729. The zero-order chi connectivity index (χ0) is 12.3. The normalized spacial score (nSPS) is 16.6. The predicted octanol–water partition coefficient (Wildman–Crippen LogP) is 2.28. The molecule has 2 rings (SSSR count). The number of piperidine rings is 1. The van der Waals surface area contributed by atoms with Gasteiger partial charge in [0.25, 0.3) is 0 Å². The van der Waals surface area contributed by atoms with Gasteiger partial charge in [-0.2, -0.15) is 5.26 Å². The first-order valence-corrected chi connectivity index (χ1v) is 5.95. The second-order valence-electron chi connectivity index (χ2n) is 4.59. The lowest BCUT2D eigenvalue weighted by molar-refractivity contribution is -0.111. The van der Waals surface area contributed by atoms with Gasteiger partial charge in [-0.15, -0.1) is 0 Å². The van der Waals surface area contributed by atoms with Gasteiger partial charge in [-0.05, 0) is 37.5 Å². The van der Waals surface area contributed by atoms with Gasteiger partial charge in [-0.1, -0.05) is 6.07 Å². The molecule has 0 atom stereocenters. The summed E-state index contributed by atoms with van der Waals surface area (Å²) in [7, 11) is 0. The molecular weight excluding hydrogens is 212 g/mol. The average molecular weight is 228 g/mol. The molecule has 1 aliphatic rings. The highest BCUT2D eigenvalue weighted by atomic mass is 16.1. The van der Waals surface area contributed by atoms with Crippen LogP contribution in [0.4, 0.5) is 5.69 Å². The van der Waals surface area contributed by atoms with E-state index in [-0.39, 0.29) is 5.92 Å². The Hall–Kier alpha value is -1.82. The fourth-order valence-corrected chi connectivity index (χ4v) is 2.27. The van der Waals surface area contributed by atoms with Crippen LogP contribution >= 0.6 is 0 Å². The monoisotopic (exact) mass is 228 g/mol. The molecule has 3 nitrogen and oxygen atoms in total. The Morgan fingerprint density at radius 2 is 2.12 bits per heavy atom. The zero-order valence-corrected chi connectivity index (χ0v) is 10.0. The summed E-state index contributed by atoms with van der Waals surface area (Å²) in [5.74, 6) is 0.196. The van der Waals surface area contributed by atoms with Gasteiger partial charge in [0, 0.05) is 19.0 Å². The maximum atomic E-state index is 10.7. The van der Waals surface area contributed by atoms with Gasteiger partial charge in [0.15, 0.2) is 0 Å². The lowest BCUT2D eigenvalue weighted by Crippen LogP contribution is -2.34. The number of carbonyl (C=O) groups is 1. The van der Waals surface area contributed by atoms with Crippen LogP contribution in [0, 0.1) is 24.2 Å². The van der Waals surface area contributed by atoms with Crippen molar-refractivity contribution in [2.45, 2.75) is 19.8 Å². The number of benzene rings is 1. The van der Waals surface area contributed by atoms with Crippen molar-refractivity contribution in [3.8, 4) is 6.07 Å². The molecule has 0 aliphatic carbocycles. The molecule has 1 saturated heterocycles. The second kappa shape index (κ2) is 5.01. The van der Waals surface area contributed by atoms with E-state index in [0.717, 1.165) is 49.0 Å². The number of hydrogen-bond donors (Lipinski definition) is 0. The van der Waals surface area contributed by atoms with Crippen LogP contribution in [-0.2, 0) is 4.79 Å². The number of aryl methyl sites for hydroxylation is 1. The smallest absolute Gasteiger partial charge is 0.123 e. The molecule has 3 heteroatoms. The summed E-state index contributed by atoms with van der Waals surface area (Å²) in [6.45, 7) is 3.76. The summed E-state index contributed by atoms with van der Waals surface area (Å²) in [4.78, 5) is 12.9. The highest BCUT2D eigenvalue weighted by Crippen LogP contribution is 2.26. The standard InChI is InChI=1S/C14H16N2O/c1-11-2-3-13(9-15)14(8-11)16-6-4-12(10-17)5-7-16/h2-3,8,10,12H,4-7H2,1H3. The minimum atomic E-state index is 0.196. The van der Waals surface area contributed by atoms with Crippen molar-refractivity contribution in [1.82, 2.24) is 0 Å². The molecule has 1 aromatic rings. The third kappa shape index (κ3) is 2.47. The van der Waals surface area contributed by atoms with Gasteiger partial charge < -0.3 is 9.69 Å². The van der Waals surface area contributed by atoms with Crippen molar-refractivity contribution >= 4 is 12.0 Å². The number of rotatable bonds is 2. The Bertz CT molecular complexity index is 454. The van der Waals surface area contributed by atoms with Crippen molar-refractivity contribution in [1.29, 1.82) is 5.26 Å². The minimum Gasteiger partial charge on any atom is -0.370 e. The molecule has 1 heterocycles. The van der Waals surface area contributed by atoms with Crippen LogP contribution in [0.5, 0.6) is 0 Å². The third-order valence-electron chi connectivity index (χ3n) is 3.35. The van der Waals surface area contributed by atoms with Crippen molar-refractivity contribution in [3.63, 3.8) is 0 Å². The average Bonchev–Trinajstić information content (AvgIpc) is 2.39. The highest BCUT2D eigenvalue weighted by molar-refractivity contribution is 5.62. The molecule has 0 amide bonds. The molecule has 0 radical (unpaired) electrons. The molecule has 0 N–H and O–H groups in total. The van der Waals surface area contributed by atoms with Gasteiger partial charge in [0.2, 0.25) is 0 Å². The predicted molar refractivity (Wildman–Crippen MR) is 66.9 cm³/mol. The molecule has 1 aliphatic heterocycles. The van der Waals surface area contributed by atoms with E-state index in [0.29, 0.717) is 0 Å². The Balaban J connectivity index is 2.20. The first-order chi connectivity index (χ1) is 8.24. The fourth-order valence-electron chi connectivity index (χ4n) is 2.27. The molecule has 0 spiro atoms. The van der Waals surface area contributed by atoms with E-state index in [9.17, 15) is 4.79 Å². The van der Waals surface area contributed by atoms with Gasteiger partial charge in [0.1, 0.15) is 12.4 Å². The summed E-state index contributed by atoms with van der Waals surface area (Å²) in [5.41, 5.74) is 2.90. The van der Waals surface area contributed by atoms with Gasteiger partial charge in [-0.25, -0.2) is 0 Å². The molecule has 88 valence electrons. The van der Waals surface area contributed by atoms with Crippen LogP contribution in [0.3, 0.4) is 0 Å². The van der Waals surface area contributed by atoms with E-state index < -0.39 is 0 Å². The van der Waals surface area contributed by atoms with E-state index in [2.05, 4.69) is 17.0 Å². The van der Waals surface area contributed by atoms with E-state index >= 15 is 0 Å². The number of nitrogens with zero attached hydrogens (tertiary/aromatic N) is 2. The maximum Gasteiger partial charge on any atom is 0.123 e. The van der Waals surface area contributed by atoms with Crippen molar-refractivity contribution in [2.24, 2.45) is 5.92 Å². The van der Waals surface area contributed by atoms with Crippen molar-refractivity contribution in [2.75, 3.05) is 18.0 Å². The molecule has 0 saturated carbocycles. The van der Waals surface area contributed by atoms with E-state index in [1.54, 1.807) is 0 Å². The van der Waals surface area contributed by atoms with Gasteiger partial charge in [-0.3, -0.25) is 0 Å². The zero-order valence-electron chi connectivity index (χ0n) is 10.0. The first-order valence-electron chi connectivity index (χ1n) is 5.95. The summed E-state index contributed by atoms with van der Waals surface area (Å²) in [6, 6.07) is 8.12. The summed E-state index contributed by atoms with van der Waals surface area (Å²) < 4.78 is 0. The number of anilines is 1. The highest BCUT2D eigenvalue weighted by Gasteiger charge is 2.20. The summed E-state index contributed by atoms with van der Waals surface area (Å²) in [6.07, 6.45) is 2.84. The van der Waals surface area contributed by atoms with Crippen LogP contribution in [0.25, 0.3) is 0 Å². The molecule has 0 unspecified atom stereocenters. The lowest BCUT2D eigenvalue weighted by atomic mass is 9.97. The van der Waals surface area contributed by atoms with Crippen LogP contribution in [0.1, 0.15) is 24.0 Å². The maximum absolute atomic E-state index is 10.7. The Morgan fingerprint density at radius 3 is 2.71 bits per heavy atom. The minimum absolute atomic E-state index is 0.196. The third-order valence-corrected chi connectivity index (χ3v) is 3.35. The van der Waals surface area contributed by atoms with Crippen LogP contribution in [0.15, 0.2) is 18.2 Å². The Kier molecular flexibility index (Phi) is 3.43. The van der Waals surface area contributed by atoms with E-state index in [1.165, 1.54) is 0 Å². The molecule has 17 heavy (non-hydrogen) atoms. The van der Waals surface area contributed by atoms with E-state index in [1.807, 2.05) is 19.1 Å². The molecule has 0 bridgehead atoms. The number of hydrogen-bond acceptors (Lipinski definition) is 3. The van der Waals surface area contributed by atoms with Crippen LogP contribution in [-0.4, -0.2) is 19.4 Å². The Labute approximate surface area is 102 Å². The fraction of sp³-hybridized carbons (Fsp3) is 0.429. The molecule has 1 aromatic carbocycles. The topological polar surface area (TPSA) is 44.1 Å². The van der Waals surface area contributed by atoms with Gasteiger partial charge >= 0.3 is 0 Å². The number of carbonyl (C=O) groups excluding carboxylic acids is 1. The number of nitriles is 1. The van der Waals surface area contributed by atoms with Gasteiger partial charge in [0.05, 0.1) is 11.3 Å². The SMILES string of the molecule is Cc1ccc(C#N)c(N2CCC(C=O)CC2)c1. The lowest BCUT2D eigenvalue weighted by Gasteiger charge is -2.32. The van der Waals surface area contributed by atoms with Crippen LogP contribution < -0.4 is 4.90 Å². The largest absolute Gasteiger partial charge is 0.370 e. The first kappa shape index (κ1) is 11.7. The second-order valence-corrected chi connectivity index (χ2v) is 4.59. The summed E-state index contributed by atoms with van der Waals surface area (Å²) >= 11 is 0. The Morgan fingerprint density at radius 1 is 1.41 bits per heavy atom. The van der Waals surface area contributed by atoms with E-state index in [4.69, 9.17) is 5.26 Å². The molecule has 0 aromatic heterocycles.